The van der Waals surface area contributed by atoms with Crippen molar-refractivity contribution in [2.24, 2.45) is 10.7 Å². The van der Waals surface area contributed by atoms with Crippen LogP contribution in [0.15, 0.2) is 120 Å². The number of aliphatic imine (C=N–C) groups is 1. The summed E-state index contributed by atoms with van der Waals surface area (Å²) in [5.41, 5.74) is 7.00. The molecule has 0 amide bonds. The van der Waals surface area contributed by atoms with E-state index in [9.17, 15) is 0 Å². The zero-order valence-corrected chi connectivity index (χ0v) is 26.6. The summed E-state index contributed by atoms with van der Waals surface area (Å²) in [4.78, 5) is 4.48. The van der Waals surface area contributed by atoms with Crippen molar-refractivity contribution in [1.29, 1.82) is 0 Å². The van der Waals surface area contributed by atoms with Gasteiger partial charge in [0.15, 0.2) is 0 Å². The summed E-state index contributed by atoms with van der Waals surface area (Å²) >= 11 is 8.17. The molecular weight excluding hydrogens is 573 g/mol. The van der Waals surface area contributed by atoms with Crippen LogP contribution in [0.4, 0.5) is 0 Å². The van der Waals surface area contributed by atoms with Gasteiger partial charge in [-0.2, -0.15) is 4.99 Å². The fourth-order valence-electron chi connectivity index (χ4n) is 5.74. The third kappa shape index (κ3) is 6.71. The molecule has 0 spiro atoms. The first kappa shape index (κ1) is 30.6. The second-order valence-corrected chi connectivity index (χ2v) is 17.8. The van der Waals surface area contributed by atoms with Gasteiger partial charge in [0.05, 0.1) is 14.1 Å². The molecule has 1 atom stereocenters. The van der Waals surface area contributed by atoms with Crippen LogP contribution in [0.1, 0.15) is 37.4 Å². The Balaban J connectivity index is 1.19. The van der Waals surface area contributed by atoms with E-state index in [1.807, 2.05) is 42.9 Å². The van der Waals surface area contributed by atoms with Crippen molar-refractivity contribution < 1.29 is 9.31 Å². The van der Waals surface area contributed by atoms with Crippen LogP contribution in [0.2, 0.25) is 0 Å². The molecule has 6 nitrogen and oxygen atoms in total. The molecule has 1 aliphatic heterocycles. The van der Waals surface area contributed by atoms with Crippen molar-refractivity contribution in [2.75, 3.05) is 26.9 Å². The Morgan fingerprint density at radius 2 is 1.26 bits per heavy atom. The van der Waals surface area contributed by atoms with Crippen LogP contribution >= 0.6 is 17.2 Å². The van der Waals surface area contributed by atoms with Gasteiger partial charge >= 0.3 is 215 Å². The number of halogens is 1. The van der Waals surface area contributed by atoms with Gasteiger partial charge in [-0.05, 0) is 0 Å². The van der Waals surface area contributed by atoms with Gasteiger partial charge in [0.25, 0.3) is 5.96 Å². The van der Waals surface area contributed by atoms with E-state index in [4.69, 9.17) is 21.7 Å². The van der Waals surface area contributed by atoms with E-state index in [-0.39, 0.29) is 6.17 Å². The average Bonchev–Trinajstić information content (AvgIpc) is 3.05. The quantitative estimate of drug-likeness (QED) is 0.113. The Morgan fingerprint density at radius 1 is 0.744 bits per heavy atom. The first-order chi connectivity index (χ1) is 20.9. The number of rotatable bonds is 12. The fraction of sp³-hybridized carbons (Fsp3) is 0.257. The van der Waals surface area contributed by atoms with Gasteiger partial charge in [-0.15, -0.1) is 0 Å². The van der Waals surface area contributed by atoms with Crippen molar-refractivity contribution >= 4 is 45.0 Å². The number of guanidine groups is 2. The molecule has 4 N–H and O–H groups in total. The van der Waals surface area contributed by atoms with E-state index in [0.29, 0.717) is 12.6 Å². The number of ether oxygens (including phenoxy) is 1. The van der Waals surface area contributed by atoms with Crippen LogP contribution in [0.25, 0.3) is 0 Å². The van der Waals surface area contributed by atoms with Crippen LogP contribution in [0, 0.1) is 0 Å². The van der Waals surface area contributed by atoms with E-state index in [0.717, 1.165) is 49.1 Å². The topological polar surface area (TPSA) is 74.7 Å². The van der Waals surface area contributed by atoms with Crippen LogP contribution in [-0.2, 0) is 0 Å². The molecule has 0 saturated heterocycles. The summed E-state index contributed by atoms with van der Waals surface area (Å²) in [6.45, 7) is 0.676. The molecule has 1 aliphatic rings. The summed E-state index contributed by atoms with van der Waals surface area (Å²) in [5.74, 6) is -1.12. The maximum Gasteiger partial charge on any atom is -0.251 e. The minimum atomic E-state index is -3.18. The van der Waals surface area contributed by atoms with Crippen molar-refractivity contribution in [2.45, 2.75) is 31.8 Å². The number of hydrogen-bond acceptors (Lipinski definition) is 3. The van der Waals surface area contributed by atoms with E-state index >= 15 is 0 Å². The number of unbranched alkanes of at least 4 members (excludes halogenated alkanes) is 3. The first-order valence-corrected chi connectivity index (χ1v) is 18.2. The Morgan fingerprint density at radius 3 is 1.77 bits per heavy atom. The number of nitrogens with two attached hydrogens (primary N) is 1. The molecule has 1 unspecified atom stereocenters. The van der Waals surface area contributed by atoms with E-state index in [1.54, 1.807) is 0 Å². The normalized spacial score (nSPS) is 15.8. The second-order valence-electron chi connectivity index (χ2n) is 11.2. The summed E-state index contributed by atoms with van der Waals surface area (Å²) in [6, 6.07) is 40.2. The number of hydrogen-bond donors (Lipinski definition) is 3. The van der Waals surface area contributed by atoms with Crippen LogP contribution in [0.3, 0.4) is 0 Å². The van der Waals surface area contributed by atoms with Gasteiger partial charge in [0, 0.05) is 0 Å². The molecule has 0 saturated carbocycles. The molecule has 0 radical (unpaired) electrons. The van der Waals surface area contributed by atoms with E-state index in [2.05, 4.69) is 107 Å². The zero-order valence-electron chi connectivity index (χ0n) is 25.0. The molecule has 0 aromatic heterocycles. The molecular formula is C35H42ClN5OP+. The Bertz CT molecular complexity index is 1440. The molecule has 1 heterocycles. The van der Waals surface area contributed by atoms with Crippen LogP contribution in [-0.4, -0.2) is 43.4 Å². The molecule has 8 heteroatoms. The Kier molecular flexibility index (Phi) is 9.69. The minimum absolute atomic E-state index is 0.240. The third-order valence-electron chi connectivity index (χ3n) is 8.06. The monoisotopic (exact) mass is 614 g/mol. The smallest absolute Gasteiger partial charge is 0.251 e. The molecule has 0 fully saturated rings. The number of nitrogens with zero attached hydrogens (tertiary/aromatic N) is 2. The molecule has 43 heavy (non-hydrogen) atoms. The molecule has 4 aromatic rings. The van der Waals surface area contributed by atoms with Crippen molar-refractivity contribution in [3.05, 3.63) is 121 Å². The van der Waals surface area contributed by atoms with Gasteiger partial charge in [0.2, 0.25) is 0 Å². The predicted octanol–water partition coefficient (Wildman–Crippen LogP) is 5.44. The fourth-order valence-corrected chi connectivity index (χ4v) is 12.0. The van der Waals surface area contributed by atoms with E-state index < -0.39 is 5.96 Å². The molecule has 5 rings (SSSR count). The first-order valence-electron chi connectivity index (χ1n) is 14.9. The van der Waals surface area contributed by atoms with Crippen molar-refractivity contribution in [3.8, 4) is 5.75 Å². The summed E-state index contributed by atoms with van der Waals surface area (Å²) in [6.07, 6.45) is 4.86. The van der Waals surface area contributed by atoms with Gasteiger partial charge in [-0.3, -0.25) is 9.89 Å². The molecule has 0 bridgehead atoms. The Hall–Kier alpha value is -3.86. The third-order valence-corrected chi connectivity index (χ3v) is 15.6. The van der Waals surface area contributed by atoms with Gasteiger partial charge < -0.3 is 5.73 Å². The summed E-state index contributed by atoms with van der Waals surface area (Å²) in [5, 5.41) is 10.1. The van der Waals surface area contributed by atoms with Crippen LogP contribution in [0.5, 0.6) is 5.75 Å². The average molecular weight is 615 g/mol. The number of nitrogens with one attached hydrogen (secondary N) is 2. The maximum absolute atomic E-state index is 8.17. The van der Waals surface area contributed by atoms with Crippen molar-refractivity contribution in [1.82, 2.24) is 10.6 Å². The van der Waals surface area contributed by atoms with Gasteiger partial charge in [-0.1, -0.05) is 0 Å². The molecule has 4 aromatic carbocycles. The largest absolute Gasteiger partial charge is 0.251 e. The standard InChI is InChI=1S/C35H41ClN5OP/c1-41(2)35-39-33(38-34(37)40-35)28-22-24-29(25-23-28)42-26-14-3-4-15-27-43(36,30-16-8-5-9-17-30,31-18-10-6-11-19-31)32-20-12-7-13-21-32/h5-13,16-25,33H,3-4,14-15,26-27H2,1-2H3,(H3,37,38,39,40)/p+1. The summed E-state index contributed by atoms with van der Waals surface area (Å²) in [7, 11) is 3.90. The zero-order chi connectivity index (χ0) is 30.1. The molecule has 224 valence electrons. The summed E-state index contributed by atoms with van der Waals surface area (Å²) < 4.78 is 8.02. The van der Waals surface area contributed by atoms with Crippen molar-refractivity contribution in [3.63, 3.8) is 0 Å². The maximum atomic E-state index is 8.17. The van der Waals surface area contributed by atoms with E-state index in [1.165, 1.54) is 15.9 Å². The SMILES string of the molecule is C[N+](C)=C1NC(N)=NC(c2ccc(OCCCCCCP(Cl)(c3ccccc3)(c3ccccc3)c3ccccc3)cc2)N1. The van der Waals surface area contributed by atoms with Gasteiger partial charge in [0.1, 0.15) is 0 Å². The number of benzene rings is 4. The van der Waals surface area contributed by atoms with Gasteiger partial charge in [-0.25, -0.2) is 5.32 Å². The second kappa shape index (κ2) is 13.6. The minimum Gasteiger partial charge on any atom is -0.251 e. The Labute approximate surface area is 260 Å². The molecule has 0 aliphatic carbocycles. The van der Waals surface area contributed by atoms with Crippen LogP contribution < -0.4 is 37.0 Å². The predicted molar refractivity (Wildman–Crippen MR) is 184 cm³/mol.